The lowest BCUT2D eigenvalue weighted by molar-refractivity contribution is -0.384. The number of nitro groups is 1. The number of aromatic nitrogens is 2. The summed E-state index contributed by atoms with van der Waals surface area (Å²) in [7, 11) is -4.67. The van der Waals surface area contributed by atoms with E-state index in [4.69, 9.17) is 18.9 Å². The van der Waals surface area contributed by atoms with Crippen LogP contribution in [0.3, 0.4) is 0 Å². The number of pyridine rings is 1. The SMILES string of the molecule is CC(C)c1ccccc1[C@@H]1CCCN1C1CC2(CCN(c3ccc(C(=O)NS(=O)(=O)c4cc5c(c([N+](=O)[O-])c4)N[C@@H](C4CCCCC4)CO5)c(Oc4cc5cc[nH]c5nc4OC4COC4)c3)CC2)C1. The highest BCUT2D eigenvalue weighted by molar-refractivity contribution is 7.90. The topological polar surface area (TPSA) is 190 Å². The summed E-state index contributed by atoms with van der Waals surface area (Å²) in [6.45, 7) is 8.36. The lowest BCUT2D eigenvalue weighted by atomic mass is 9.59. The zero-order valence-corrected chi connectivity index (χ0v) is 40.1. The van der Waals surface area contributed by atoms with Crippen LogP contribution in [0.25, 0.3) is 11.0 Å². The molecule has 1 spiro atoms. The molecule has 364 valence electrons. The average molecular weight is 960 g/mol. The number of carbonyl (C=O) groups excluding carboxylic acids is 1. The zero-order chi connectivity index (χ0) is 47.4. The molecule has 3 N–H and O–H groups in total. The fourth-order valence-electron chi connectivity index (χ4n) is 11.9. The van der Waals surface area contributed by atoms with E-state index in [9.17, 15) is 23.3 Å². The lowest BCUT2D eigenvalue weighted by Crippen LogP contribution is -2.54. The van der Waals surface area contributed by atoms with Gasteiger partial charge in [-0.15, -0.1) is 0 Å². The van der Waals surface area contributed by atoms with Crippen molar-refractivity contribution in [1.29, 1.82) is 0 Å². The van der Waals surface area contributed by atoms with Crippen molar-refractivity contribution in [2.75, 3.05) is 49.7 Å². The van der Waals surface area contributed by atoms with Crippen molar-refractivity contribution < 1.29 is 37.1 Å². The normalized spacial score (nSPS) is 22.1. The van der Waals surface area contributed by atoms with E-state index in [1.165, 1.54) is 42.9 Å². The molecule has 2 saturated carbocycles. The van der Waals surface area contributed by atoms with E-state index in [-0.39, 0.29) is 58.5 Å². The maximum Gasteiger partial charge on any atom is 0.297 e. The molecule has 0 unspecified atom stereocenters. The summed E-state index contributed by atoms with van der Waals surface area (Å²) >= 11 is 0. The van der Waals surface area contributed by atoms with Crippen LogP contribution in [-0.4, -0.2) is 91.8 Å². The van der Waals surface area contributed by atoms with Crippen LogP contribution < -0.4 is 29.1 Å². The quantitative estimate of drug-likeness (QED) is 0.0748. The average Bonchev–Trinajstić information content (AvgIpc) is 4.01. The van der Waals surface area contributed by atoms with Gasteiger partial charge < -0.3 is 34.1 Å². The van der Waals surface area contributed by atoms with Gasteiger partial charge in [0.25, 0.3) is 27.5 Å². The molecular weight excluding hydrogens is 899 g/mol. The molecule has 6 aliphatic rings. The molecule has 1 amide bonds. The molecule has 5 aromatic rings. The van der Waals surface area contributed by atoms with E-state index in [2.05, 4.69) is 67.9 Å². The van der Waals surface area contributed by atoms with Crippen molar-refractivity contribution in [3.05, 3.63) is 99.7 Å². The van der Waals surface area contributed by atoms with Crippen LogP contribution in [0.5, 0.6) is 23.1 Å². The third-order valence-electron chi connectivity index (χ3n) is 15.8. The Labute approximate surface area is 402 Å². The highest BCUT2D eigenvalue weighted by atomic mass is 32.2. The maximum absolute atomic E-state index is 14.4. The molecule has 2 aliphatic carbocycles. The predicted octanol–water partition coefficient (Wildman–Crippen LogP) is 9.62. The Morgan fingerprint density at radius 1 is 0.942 bits per heavy atom. The lowest BCUT2D eigenvalue weighted by Gasteiger charge is -2.56. The summed E-state index contributed by atoms with van der Waals surface area (Å²) in [5.41, 5.74) is 4.26. The Bertz CT molecular complexity index is 2860. The van der Waals surface area contributed by atoms with Gasteiger partial charge in [-0.3, -0.25) is 19.8 Å². The number of hydrogen-bond donors (Lipinski definition) is 3. The predicted molar refractivity (Wildman–Crippen MR) is 261 cm³/mol. The smallest absolute Gasteiger partial charge is 0.297 e. The van der Waals surface area contributed by atoms with E-state index in [1.807, 2.05) is 12.1 Å². The monoisotopic (exact) mass is 959 g/mol. The Hall–Kier alpha value is -5.91. The number of nitrogens with one attached hydrogen (secondary N) is 3. The fourth-order valence-corrected chi connectivity index (χ4v) is 12.9. The van der Waals surface area contributed by atoms with E-state index in [1.54, 1.807) is 24.4 Å². The number of benzene rings is 3. The number of nitrogens with zero attached hydrogens (tertiary/aromatic N) is 4. The maximum atomic E-state index is 14.4. The first-order valence-electron chi connectivity index (χ1n) is 24.8. The molecule has 0 radical (unpaired) electrons. The first-order chi connectivity index (χ1) is 33.4. The number of aromatic amines is 1. The Balaban J connectivity index is 0.843. The fraction of sp³-hybridized carbons (Fsp3) is 0.500. The van der Waals surface area contributed by atoms with Crippen LogP contribution in [0.1, 0.15) is 118 Å². The Morgan fingerprint density at radius 3 is 2.49 bits per heavy atom. The van der Waals surface area contributed by atoms with Gasteiger partial charge in [0.05, 0.1) is 34.6 Å². The number of anilines is 2. The molecule has 4 aliphatic heterocycles. The number of ether oxygens (including phenoxy) is 4. The molecule has 2 atom stereocenters. The van der Waals surface area contributed by atoms with Gasteiger partial charge in [0.15, 0.2) is 17.2 Å². The van der Waals surface area contributed by atoms with Gasteiger partial charge in [0.1, 0.15) is 24.1 Å². The summed E-state index contributed by atoms with van der Waals surface area (Å²) < 4.78 is 54.6. The standard InChI is InChI=1S/C52H61N7O9S/c1-32(2)39-11-6-7-12-40(39)43-13-8-20-58(43)36-27-52(28-36)17-21-57(22-18-52)35-14-15-41(45(24-35)68-47-23-34-16-19-53-49(34)55-51(47)67-37-29-65-30-37)50(60)56-69(63,64)38-25-44(59(61)62)48-46(26-38)66-31-42(54-48)33-9-4-3-5-10-33/h6-7,11-12,14-16,19,23-26,32-33,36-37,42-43,54H,3-5,8-10,13,17-18,20-22,27-31H2,1-2H3,(H,53,55)(H,56,60)/t42-,43+/m1/s1. The number of piperidine rings is 1. The first-order valence-corrected chi connectivity index (χ1v) is 26.3. The third kappa shape index (κ3) is 8.97. The van der Waals surface area contributed by atoms with E-state index < -0.39 is 31.4 Å². The van der Waals surface area contributed by atoms with Gasteiger partial charge >= 0.3 is 0 Å². The van der Waals surface area contributed by atoms with Crippen LogP contribution in [-0.2, 0) is 14.8 Å². The van der Waals surface area contributed by atoms with Crippen molar-refractivity contribution in [3.8, 4) is 23.1 Å². The van der Waals surface area contributed by atoms with Gasteiger partial charge in [-0.2, -0.15) is 4.98 Å². The second kappa shape index (κ2) is 18.4. The van der Waals surface area contributed by atoms with Gasteiger partial charge in [-0.05, 0) is 111 Å². The number of likely N-dealkylation sites (tertiary alicyclic amines) is 1. The molecule has 3 aromatic carbocycles. The molecule has 6 heterocycles. The molecule has 69 heavy (non-hydrogen) atoms. The summed E-state index contributed by atoms with van der Waals surface area (Å²) in [4.78, 5) is 38.6. The zero-order valence-electron chi connectivity index (χ0n) is 39.3. The Morgan fingerprint density at radius 2 is 1.74 bits per heavy atom. The van der Waals surface area contributed by atoms with Crippen molar-refractivity contribution >= 4 is 44.0 Å². The number of H-pyrrole nitrogens is 1. The molecule has 0 bridgehead atoms. The minimum absolute atomic E-state index is 0.0443. The molecule has 2 aromatic heterocycles. The minimum Gasteiger partial charge on any atom is -0.489 e. The van der Waals surface area contributed by atoms with Crippen molar-refractivity contribution in [2.45, 2.75) is 120 Å². The third-order valence-corrected chi connectivity index (χ3v) is 17.1. The molecule has 5 fully saturated rings. The highest BCUT2D eigenvalue weighted by Crippen LogP contribution is 2.54. The van der Waals surface area contributed by atoms with Crippen molar-refractivity contribution in [2.24, 2.45) is 11.3 Å². The second-order valence-corrected chi connectivity index (χ2v) is 22.1. The number of sulfonamides is 1. The number of nitro benzene ring substituents is 1. The van der Waals surface area contributed by atoms with Crippen LogP contribution in [0, 0.1) is 21.4 Å². The van der Waals surface area contributed by atoms with Crippen molar-refractivity contribution in [1.82, 2.24) is 19.6 Å². The molecule has 16 nitrogen and oxygen atoms in total. The number of rotatable bonds is 13. The molecule has 3 saturated heterocycles. The van der Waals surface area contributed by atoms with Crippen LogP contribution in [0.2, 0.25) is 0 Å². The number of amides is 1. The van der Waals surface area contributed by atoms with Crippen molar-refractivity contribution in [3.63, 3.8) is 0 Å². The molecular formula is C52H61N7O9S. The van der Waals surface area contributed by atoms with Crippen LogP contribution >= 0.6 is 0 Å². The number of fused-ring (bicyclic) bond motifs is 2. The highest BCUT2D eigenvalue weighted by Gasteiger charge is 2.50. The summed E-state index contributed by atoms with van der Waals surface area (Å²) in [6, 6.07) is 20.9. The largest absolute Gasteiger partial charge is 0.489 e. The van der Waals surface area contributed by atoms with Gasteiger partial charge in [0, 0.05) is 60.6 Å². The van der Waals surface area contributed by atoms with Gasteiger partial charge in [0.2, 0.25) is 0 Å². The first kappa shape index (κ1) is 45.5. The summed E-state index contributed by atoms with van der Waals surface area (Å²) in [6.07, 6.45) is 13.7. The van der Waals surface area contributed by atoms with E-state index in [0.717, 1.165) is 81.7 Å². The van der Waals surface area contributed by atoms with E-state index in [0.29, 0.717) is 42.8 Å². The van der Waals surface area contributed by atoms with Gasteiger partial charge in [-0.25, -0.2) is 13.1 Å². The molecule has 11 rings (SSSR count). The number of hydrogen-bond acceptors (Lipinski definition) is 13. The van der Waals surface area contributed by atoms with Gasteiger partial charge in [-0.1, -0.05) is 57.4 Å². The summed E-state index contributed by atoms with van der Waals surface area (Å²) in [5, 5.41) is 16.5. The number of carbonyl (C=O) groups is 1. The van der Waals surface area contributed by atoms with Crippen LogP contribution in [0.15, 0.2) is 77.8 Å². The van der Waals surface area contributed by atoms with E-state index >= 15 is 0 Å². The molecule has 17 heteroatoms. The second-order valence-electron chi connectivity index (χ2n) is 20.5. The van der Waals surface area contributed by atoms with Crippen LogP contribution in [0.4, 0.5) is 17.1 Å². The summed E-state index contributed by atoms with van der Waals surface area (Å²) in [5.74, 6) is 0.362. The Kier molecular flexibility index (Phi) is 12.2. The minimum atomic E-state index is -4.67.